The summed E-state index contributed by atoms with van der Waals surface area (Å²) < 4.78 is 32.0. The van der Waals surface area contributed by atoms with Gasteiger partial charge in [0, 0.05) is 32.3 Å². The van der Waals surface area contributed by atoms with Crippen molar-refractivity contribution in [1.29, 1.82) is 0 Å². The average Bonchev–Trinajstić information content (AvgIpc) is 2.91. The third-order valence-corrected chi connectivity index (χ3v) is 4.81. The zero-order chi connectivity index (χ0) is 18.0. The zero-order valence-corrected chi connectivity index (χ0v) is 14.0. The zero-order valence-electron chi connectivity index (χ0n) is 14.0. The molecule has 6 nitrogen and oxygen atoms in total. The molecule has 2 aliphatic heterocycles. The van der Waals surface area contributed by atoms with Crippen LogP contribution in [0.15, 0.2) is 18.2 Å². The van der Waals surface area contributed by atoms with Gasteiger partial charge in [0.05, 0.1) is 25.1 Å². The van der Waals surface area contributed by atoms with Gasteiger partial charge < -0.3 is 19.9 Å². The number of nitrogens with zero attached hydrogens (tertiary/aromatic N) is 2. The second-order valence-electron chi connectivity index (χ2n) is 6.33. The van der Waals surface area contributed by atoms with Gasteiger partial charge >= 0.3 is 6.03 Å². The van der Waals surface area contributed by atoms with E-state index in [1.165, 1.54) is 12.1 Å². The molecule has 8 heteroatoms. The maximum Gasteiger partial charge on any atom is 0.318 e. The Bertz CT molecular complexity index is 671. The molecule has 1 aromatic rings. The number of urea groups is 1. The second-order valence-corrected chi connectivity index (χ2v) is 6.33. The fourth-order valence-electron chi connectivity index (χ4n) is 3.49. The number of likely N-dealkylation sites (tertiary alicyclic amines) is 1. The van der Waals surface area contributed by atoms with E-state index in [0.29, 0.717) is 32.7 Å². The highest BCUT2D eigenvalue weighted by Crippen LogP contribution is 2.23. The summed E-state index contributed by atoms with van der Waals surface area (Å²) in [6.07, 6.45) is 0.451. The van der Waals surface area contributed by atoms with Gasteiger partial charge in [0.15, 0.2) is 11.6 Å². The minimum Gasteiger partial charge on any atom is -0.383 e. The van der Waals surface area contributed by atoms with Crippen molar-refractivity contribution in [3.63, 3.8) is 0 Å². The van der Waals surface area contributed by atoms with Crippen molar-refractivity contribution < 1.29 is 23.1 Å². The number of methoxy groups -OCH3 is 1. The van der Waals surface area contributed by atoms with Crippen LogP contribution >= 0.6 is 0 Å². The van der Waals surface area contributed by atoms with E-state index < -0.39 is 11.6 Å². The number of carbonyl (C=O) groups excluding carboxylic acids is 2. The molecule has 136 valence electrons. The van der Waals surface area contributed by atoms with Crippen molar-refractivity contribution in [2.75, 3.05) is 33.4 Å². The van der Waals surface area contributed by atoms with Crippen molar-refractivity contribution in [1.82, 2.24) is 15.1 Å². The van der Waals surface area contributed by atoms with Gasteiger partial charge in [-0.1, -0.05) is 12.1 Å². The average molecular weight is 353 g/mol. The molecule has 2 saturated heterocycles. The standard InChI is InChI=1S/C17H21F2N3O3/c1-25-8-7-22-14-5-6-21(10-13(14)20-17(22)24)15(23)9-11-3-2-4-12(18)16(11)19/h2-4,13-14H,5-10H2,1H3,(H,20,24)/t13-,14+/m1/s1. The predicted molar refractivity (Wildman–Crippen MR) is 85.9 cm³/mol. The molecule has 1 aromatic carbocycles. The van der Waals surface area contributed by atoms with Crippen LogP contribution in [0.2, 0.25) is 0 Å². The number of hydrogen-bond acceptors (Lipinski definition) is 3. The summed E-state index contributed by atoms with van der Waals surface area (Å²) >= 11 is 0. The molecule has 0 bridgehead atoms. The quantitative estimate of drug-likeness (QED) is 0.864. The second kappa shape index (κ2) is 7.35. The van der Waals surface area contributed by atoms with Gasteiger partial charge in [-0.3, -0.25) is 4.79 Å². The van der Waals surface area contributed by atoms with Crippen LogP contribution in [-0.2, 0) is 16.0 Å². The summed E-state index contributed by atoms with van der Waals surface area (Å²) in [6.45, 7) is 1.81. The highest BCUT2D eigenvalue weighted by molar-refractivity contribution is 5.80. The number of rotatable bonds is 5. The highest BCUT2D eigenvalue weighted by atomic mass is 19.2. The highest BCUT2D eigenvalue weighted by Gasteiger charge is 2.43. The molecule has 3 amide bonds. The Morgan fingerprint density at radius 3 is 2.96 bits per heavy atom. The summed E-state index contributed by atoms with van der Waals surface area (Å²) in [7, 11) is 1.58. The molecular formula is C17H21F2N3O3. The van der Waals surface area contributed by atoms with E-state index in [4.69, 9.17) is 4.74 Å². The number of ether oxygens (including phenoxy) is 1. The van der Waals surface area contributed by atoms with Gasteiger partial charge in [-0.05, 0) is 12.5 Å². The Kier molecular flexibility index (Phi) is 5.17. The summed E-state index contributed by atoms with van der Waals surface area (Å²) in [6, 6.07) is 3.54. The number of amides is 3. The van der Waals surface area contributed by atoms with Crippen LogP contribution in [0, 0.1) is 11.6 Å². The first kappa shape index (κ1) is 17.6. The lowest BCUT2D eigenvalue weighted by atomic mass is 9.99. The molecule has 0 unspecified atom stereocenters. The Morgan fingerprint density at radius 2 is 2.20 bits per heavy atom. The SMILES string of the molecule is COCCN1C(=O)N[C@@H]2CN(C(=O)Cc3cccc(F)c3F)CC[C@@H]21. The van der Waals surface area contributed by atoms with Crippen LogP contribution in [0.5, 0.6) is 0 Å². The molecular weight excluding hydrogens is 332 g/mol. The van der Waals surface area contributed by atoms with Crippen LogP contribution in [0.25, 0.3) is 0 Å². The fraction of sp³-hybridized carbons (Fsp3) is 0.529. The summed E-state index contributed by atoms with van der Waals surface area (Å²) in [5.41, 5.74) is 0.0457. The van der Waals surface area contributed by atoms with E-state index in [9.17, 15) is 18.4 Å². The predicted octanol–water partition coefficient (Wildman–Crippen LogP) is 1.15. The topological polar surface area (TPSA) is 61.9 Å². The first-order chi connectivity index (χ1) is 12.0. The lowest BCUT2D eigenvalue weighted by Crippen LogP contribution is -2.53. The van der Waals surface area contributed by atoms with E-state index in [1.807, 2.05) is 0 Å². The smallest absolute Gasteiger partial charge is 0.318 e. The van der Waals surface area contributed by atoms with E-state index >= 15 is 0 Å². The van der Waals surface area contributed by atoms with Crippen LogP contribution in [0.3, 0.4) is 0 Å². The van der Waals surface area contributed by atoms with Crippen molar-refractivity contribution in [2.24, 2.45) is 0 Å². The molecule has 2 heterocycles. The van der Waals surface area contributed by atoms with Gasteiger partial charge in [0.25, 0.3) is 0 Å². The van der Waals surface area contributed by atoms with E-state index in [-0.39, 0.29) is 36.0 Å². The third-order valence-electron chi connectivity index (χ3n) is 4.81. The fourth-order valence-corrected chi connectivity index (χ4v) is 3.49. The lowest BCUT2D eigenvalue weighted by molar-refractivity contribution is -0.132. The van der Waals surface area contributed by atoms with Crippen molar-refractivity contribution in [3.05, 3.63) is 35.4 Å². The molecule has 2 fully saturated rings. The maximum absolute atomic E-state index is 13.7. The van der Waals surface area contributed by atoms with Crippen LogP contribution in [0.1, 0.15) is 12.0 Å². The van der Waals surface area contributed by atoms with Crippen LogP contribution in [0.4, 0.5) is 13.6 Å². The monoisotopic (exact) mass is 353 g/mol. The van der Waals surface area contributed by atoms with Gasteiger partial charge in [0.1, 0.15) is 0 Å². The van der Waals surface area contributed by atoms with Gasteiger partial charge in [-0.25, -0.2) is 13.6 Å². The molecule has 2 aliphatic rings. The van der Waals surface area contributed by atoms with E-state index in [1.54, 1.807) is 16.9 Å². The van der Waals surface area contributed by atoms with Crippen molar-refractivity contribution in [3.8, 4) is 0 Å². The number of fused-ring (bicyclic) bond motifs is 1. The molecule has 3 rings (SSSR count). The Balaban J connectivity index is 1.62. The number of nitrogens with one attached hydrogen (secondary N) is 1. The molecule has 0 spiro atoms. The van der Waals surface area contributed by atoms with Gasteiger partial charge in [-0.15, -0.1) is 0 Å². The normalized spacial score (nSPS) is 22.8. The Hall–Kier alpha value is -2.22. The van der Waals surface area contributed by atoms with Crippen molar-refractivity contribution in [2.45, 2.75) is 24.9 Å². The number of piperidine rings is 1. The third kappa shape index (κ3) is 3.58. The van der Waals surface area contributed by atoms with Crippen molar-refractivity contribution >= 4 is 11.9 Å². The van der Waals surface area contributed by atoms with Gasteiger partial charge in [0.2, 0.25) is 5.91 Å². The number of halogens is 2. The minimum absolute atomic E-state index is 0.0256. The molecule has 0 aliphatic carbocycles. The van der Waals surface area contributed by atoms with Gasteiger partial charge in [-0.2, -0.15) is 0 Å². The molecule has 0 aromatic heterocycles. The molecule has 1 N–H and O–H groups in total. The summed E-state index contributed by atoms with van der Waals surface area (Å²) in [4.78, 5) is 27.8. The lowest BCUT2D eigenvalue weighted by Gasteiger charge is -2.36. The molecule has 25 heavy (non-hydrogen) atoms. The van der Waals surface area contributed by atoms with Crippen LogP contribution < -0.4 is 5.32 Å². The Morgan fingerprint density at radius 1 is 1.40 bits per heavy atom. The molecule has 2 atom stereocenters. The number of carbonyl (C=O) groups is 2. The largest absolute Gasteiger partial charge is 0.383 e. The first-order valence-corrected chi connectivity index (χ1v) is 8.28. The van der Waals surface area contributed by atoms with E-state index in [0.717, 1.165) is 6.07 Å². The number of benzene rings is 1. The molecule has 0 radical (unpaired) electrons. The van der Waals surface area contributed by atoms with Crippen LogP contribution in [-0.4, -0.2) is 67.2 Å². The summed E-state index contributed by atoms with van der Waals surface area (Å²) in [5, 5.41) is 2.89. The first-order valence-electron chi connectivity index (χ1n) is 8.28. The molecule has 0 saturated carbocycles. The number of hydrogen-bond donors (Lipinski definition) is 1. The minimum atomic E-state index is -0.981. The Labute approximate surface area is 144 Å². The summed E-state index contributed by atoms with van der Waals surface area (Å²) in [5.74, 6) is -2.21. The van der Waals surface area contributed by atoms with E-state index in [2.05, 4.69) is 5.32 Å². The maximum atomic E-state index is 13.7.